The summed E-state index contributed by atoms with van der Waals surface area (Å²) in [5.74, 6) is 0. The van der Waals surface area contributed by atoms with E-state index in [2.05, 4.69) is 44.5 Å². The number of hydrogen-bond donors (Lipinski definition) is 1. The highest BCUT2D eigenvalue weighted by atomic mass is 16.5. The fourth-order valence-corrected chi connectivity index (χ4v) is 2.13. The molecule has 0 radical (unpaired) electrons. The first-order valence-electron chi connectivity index (χ1n) is 6.25. The molecule has 1 aliphatic rings. The summed E-state index contributed by atoms with van der Waals surface area (Å²) in [6.45, 7) is 16.7. The summed E-state index contributed by atoms with van der Waals surface area (Å²) >= 11 is 0. The molecule has 3 nitrogen and oxygen atoms in total. The third-order valence-corrected chi connectivity index (χ3v) is 2.70. The highest BCUT2D eigenvalue weighted by molar-refractivity contribution is 5.01. The predicted molar refractivity (Wildman–Crippen MR) is 68.7 cm³/mol. The molecular weight excluding hydrogens is 200 g/mol. The summed E-state index contributed by atoms with van der Waals surface area (Å²) in [5.41, 5.74) is 1.26. The van der Waals surface area contributed by atoms with Crippen LogP contribution in [-0.2, 0) is 4.74 Å². The molecule has 94 valence electrons. The summed E-state index contributed by atoms with van der Waals surface area (Å²) < 4.78 is 5.71. The van der Waals surface area contributed by atoms with Gasteiger partial charge in [-0.1, -0.05) is 20.4 Å². The molecular formula is C13H26N2O. The first-order valence-corrected chi connectivity index (χ1v) is 6.25. The van der Waals surface area contributed by atoms with Gasteiger partial charge in [0.25, 0.3) is 0 Å². The average molecular weight is 226 g/mol. The van der Waals surface area contributed by atoms with Gasteiger partial charge in [0.15, 0.2) is 0 Å². The van der Waals surface area contributed by atoms with Crippen molar-refractivity contribution in [2.24, 2.45) is 0 Å². The lowest BCUT2D eigenvalue weighted by Gasteiger charge is -2.35. The lowest BCUT2D eigenvalue weighted by atomic mass is 10.2. The number of nitrogens with one attached hydrogen (secondary N) is 1. The first-order chi connectivity index (χ1) is 7.47. The Morgan fingerprint density at radius 2 is 1.94 bits per heavy atom. The van der Waals surface area contributed by atoms with Crippen molar-refractivity contribution in [3.05, 3.63) is 12.2 Å². The van der Waals surface area contributed by atoms with E-state index in [1.165, 1.54) is 5.57 Å². The highest BCUT2D eigenvalue weighted by Gasteiger charge is 2.22. The van der Waals surface area contributed by atoms with E-state index in [9.17, 15) is 0 Å². The predicted octanol–water partition coefficient (Wildman–Crippen LogP) is 1.65. The molecule has 0 aromatic carbocycles. The maximum atomic E-state index is 5.71. The van der Waals surface area contributed by atoms with Crippen LogP contribution in [0, 0.1) is 0 Å². The summed E-state index contributed by atoms with van der Waals surface area (Å²) in [6.07, 6.45) is 0.684. The largest absolute Gasteiger partial charge is 0.373 e. The van der Waals surface area contributed by atoms with Crippen LogP contribution in [0.15, 0.2) is 12.2 Å². The van der Waals surface area contributed by atoms with Crippen LogP contribution in [0.3, 0.4) is 0 Å². The Kier molecular flexibility index (Phi) is 5.46. The van der Waals surface area contributed by atoms with Crippen molar-refractivity contribution in [3.8, 4) is 0 Å². The fraction of sp³-hybridized carbons (Fsp3) is 0.846. The molecule has 1 heterocycles. The molecule has 1 rings (SSSR count). The molecule has 2 atom stereocenters. The lowest BCUT2D eigenvalue weighted by molar-refractivity contribution is -0.0653. The Morgan fingerprint density at radius 3 is 2.44 bits per heavy atom. The Bertz CT molecular complexity index is 218. The Balaban J connectivity index is 2.27. The molecule has 0 aromatic heterocycles. The van der Waals surface area contributed by atoms with Gasteiger partial charge in [-0.25, -0.2) is 0 Å². The van der Waals surface area contributed by atoms with Crippen molar-refractivity contribution < 1.29 is 4.74 Å². The van der Waals surface area contributed by atoms with Crippen molar-refractivity contribution in [2.45, 2.75) is 45.9 Å². The van der Waals surface area contributed by atoms with E-state index in [0.717, 1.165) is 26.2 Å². The van der Waals surface area contributed by atoms with Gasteiger partial charge in [0.1, 0.15) is 0 Å². The summed E-state index contributed by atoms with van der Waals surface area (Å²) in [4.78, 5) is 2.43. The quantitative estimate of drug-likeness (QED) is 0.721. The van der Waals surface area contributed by atoms with E-state index < -0.39 is 0 Å². The van der Waals surface area contributed by atoms with Crippen LogP contribution in [0.2, 0.25) is 0 Å². The molecule has 0 aliphatic carbocycles. The highest BCUT2D eigenvalue weighted by Crippen LogP contribution is 2.11. The van der Waals surface area contributed by atoms with Gasteiger partial charge in [0.2, 0.25) is 0 Å². The third kappa shape index (κ3) is 5.10. The van der Waals surface area contributed by atoms with Crippen LogP contribution >= 0.6 is 0 Å². The van der Waals surface area contributed by atoms with Crippen LogP contribution in [0.1, 0.15) is 27.7 Å². The van der Waals surface area contributed by atoms with E-state index in [1.54, 1.807) is 0 Å². The number of rotatable bonds is 5. The zero-order valence-corrected chi connectivity index (χ0v) is 11.1. The van der Waals surface area contributed by atoms with Crippen molar-refractivity contribution in [1.29, 1.82) is 0 Å². The van der Waals surface area contributed by atoms with Gasteiger partial charge in [0, 0.05) is 32.2 Å². The van der Waals surface area contributed by atoms with Crippen molar-refractivity contribution >= 4 is 0 Å². The van der Waals surface area contributed by atoms with Gasteiger partial charge < -0.3 is 10.1 Å². The number of nitrogens with zero attached hydrogens (tertiary/aromatic N) is 1. The summed E-state index contributed by atoms with van der Waals surface area (Å²) in [7, 11) is 0. The number of ether oxygens (including phenoxy) is 1. The first kappa shape index (κ1) is 13.7. The molecule has 0 spiro atoms. The van der Waals surface area contributed by atoms with Crippen LogP contribution in [0.25, 0.3) is 0 Å². The van der Waals surface area contributed by atoms with E-state index in [1.807, 2.05) is 0 Å². The Morgan fingerprint density at radius 1 is 1.38 bits per heavy atom. The monoisotopic (exact) mass is 226 g/mol. The molecule has 3 heteroatoms. The molecule has 0 unspecified atom stereocenters. The summed E-state index contributed by atoms with van der Waals surface area (Å²) in [5, 5.41) is 3.40. The minimum absolute atomic E-state index is 0.342. The zero-order chi connectivity index (χ0) is 12.1. The van der Waals surface area contributed by atoms with Gasteiger partial charge in [-0.15, -0.1) is 0 Å². The molecule has 1 aliphatic heterocycles. The smallest absolute Gasteiger partial charge is 0.0678 e. The number of morpholine rings is 1. The van der Waals surface area contributed by atoms with Crippen LogP contribution in [0.4, 0.5) is 0 Å². The molecule has 0 saturated carbocycles. The van der Waals surface area contributed by atoms with Crippen molar-refractivity contribution in [2.75, 3.05) is 26.2 Å². The van der Waals surface area contributed by atoms with Gasteiger partial charge in [0.05, 0.1) is 12.2 Å². The van der Waals surface area contributed by atoms with Gasteiger partial charge in [-0.2, -0.15) is 0 Å². The van der Waals surface area contributed by atoms with Crippen LogP contribution < -0.4 is 5.32 Å². The van der Waals surface area contributed by atoms with E-state index >= 15 is 0 Å². The minimum atomic E-state index is 0.342. The maximum Gasteiger partial charge on any atom is 0.0678 e. The average Bonchev–Trinajstić information content (AvgIpc) is 2.12. The summed E-state index contributed by atoms with van der Waals surface area (Å²) in [6, 6.07) is 0.527. The van der Waals surface area contributed by atoms with Crippen molar-refractivity contribution in [3.63, 3.8) is 0 Å². The van der Waals surface area contributed by atoms with Gasteiger partial charge in [-0.3, -0.25) is 4.90 Å². The Hall–Kier alpha value is -0.380. The molecule has 16 heavy (non-hydrogen) atoms. The SMILES string of the molecule is C=C(CNC(C)C)CN1C[C@@H](C)O[C@@H](C)C1. The topological polar surface area (TPSA) is 24.5 Å². The Labute approximate surface area is 99.8 Å². The van der Waals surface area contributed by atoms with E-state index in [4.69, 9.17) is 4.74 Å². The fourth-order valence-electron chi connectivity index (χ4n) is 2.13. The molecule has 0 aromatic rings. The second-order valence-electron chi connectivity index (χ2n) is 5.24. The minimum Gasteiger partial charge on any atom is -0.373 e. The molecule has 1 saturated heterocycles. The normalized spacial score (nSPS) is 27.3. The van der Waals surface area contributed by atoms with Gasteiger partial charge in [-0.05, 0) is 19.4 Å². The van der Waals surface area contributed by atoms with E-state index in [-0.39, 0.29) is 0 Å². The zero-order valence-electron chi connectivity index (χ0n) is 11.1. The van der Waals surface area contributed by atoms with E-state index in [0.29, 0.717) is 18.2 Å². The third-order valence-electron chi connectivity index (χ3n) is 2.70. The molecule has 1 N–H and O–H groups in total. The molecule has 1 fully saturated rings. The number of hydrogen-bond acceptors (Lipinski definition) is 3. The standard InChI is InChI=1S/C13H26N2O/c1-10(2)14-6-11(3)7-15-8-12(4)16-13(5)9-15/h10,12-14H,3,6-9H2,1-2,4-5H3/t12-,13+. The molecule has 0 amide bonds. The van der Waals surface area contributed by atoms with Gasteiger partial charge >= 0.3 is 0 Å². The van der Waals surface area contributed by atoms with Crippen LogP contribution in [-0.4, -0.2) is 49.3 Å². The maximum absolute atomic E-state index is 5.71. The lowest BCUT2D eigenvalue weighted by Crippen LogP contribution is -2.46. The second kappa shape index (κ2) is 6.38. The molecule has 0 bridgehead atoms. The second-order valence-corrected chi connectivity index (χ2v) is 5.24. The van der Waals surface area contributed by atoms with Crippen molar-refractivity contribution in [1.82, 2.24) is 10.2 Å². The van der Waals surface area contributed by atoms with Crippen LogP contribution in [0.5, 0.6) is 0 Å².